The van der Waals surface area contributed by atoms with Crippen molar-refractivity contribution in [3.8, 4) is 5.75 Å². The van der Waals surface area contributed by atoms with Gasteiger partial charge in [-0.1, -0.05) is 20.8 Å². The summed E-state index contributed by atoms with van der Waals surface area (Å²) >= 11 is 0. The van der Waals surface area contributed by atoms with Gasteiger partial charge in [-0.3, -0.25) is 9.59 Å². The van der Waals surface area contributed by atoms with E-state index in [0.29, 0.717) is 12.4 Å². The van der Waals surface area contributed by atoms with E-state index in [0.717, 1.165) is 0 Å². The molecule has 0 unspecified atom stereocenters. The Labute approximate surface area is 172 Å². The molecule has 1 heterocycles. The highest BCUT2D eigenvalue weighted by Gasteiger charge is 2.30. The topological polar surface area (TPSA) is 93.2 Å². The molecule has 0 N–H and O–H groups in total. The molecular formula is C20H30N2O6S. The Morgan fingerprint density at radius 3 is 2.14 bits per heavy atom. The summed E-state index contributed by atoms with van der Waals surface area (Å²) in [6.45, 7) is 8.69. The highest BCUT2D eigenvalue weighted by atomic mass is 32.2. The fourth-order valence-corrected chi connectivity index (χ4v) is 4.34. The van der Waals surface area contributed by atoms with Gasteiger partial charge in [-0.15, -0.1) is 0 Å². The Hall–Kier alpha value is -2.13. The van der Waals surface area contributed by atoms with Gasteiger partial charge in [-0.25, -0.2) is 8.42 Å². The second-order valence-electron chi connectivity index (χ2n) is 8.09. The normalized spacial score (nSPS) is 15.8. The van der Waals surface area contributed by atoms with E-state index in [1.165, 1.54) is 21.3 Å². The molecule has 0 spiro atoms. The summed E-state index contributed by atoms with van der Waals surface area (Å²) < 4.78 is 37.3. The van der Waals surface area contributed by atoms with Gasteiger partial charge in [0.15, 0.2) is 6.61 Å². The maximum atomic E-state index is 12.8. The van der Waals surface area contributed by atoms with Crippen molar-refractivity contribution < 1.29 is 27.5 Å². The predicted octanol–water partition coefficient (Wildman–Crippen LogP) is 1.90. The van der Waals surface area contributed by atoms with Crippen LogP contribution in [0.2, 0.25) is 0 Å². The van der Waals surface area contributed by atoms with E-state index in [4.69, 9.17) is 9.47 Å². The second kappa shape index (κ2) is 9.58. The molecule has 0 atom stereocenters. The molecule has 9 heteroatoms. The van der Waals surface area contributed by atoms with Crippen LogP contribution in [0.4, 0.5) is 0 Å². The number of amides is 1. The lowest BCUT2D eigenvalue weighted by atomic mass is 9.92. The van der Waals surface area contributed by atoms with Gasteiger partial charge in [-0.05, 0) is 36.6 Å². The summed E-state index contributed by atoms with van der Waals surface area (Å²) in [4.78, 5) is 25.7. The Bertz CT molecular complexity index is 806. The first kappa shape index (κ1) is 23.2. The van der Waals surface area contributed by atoms with Crippen LogP contribution in [0.1, 0.15) is 34.1 Å². The fourth-order valence-electron chi connectivity index (χ4n) is 2.92. The average molecular weight is 427 g/mol. The molecule has 0 radical (unpaired) electrons. The van der Waals surface area contributed by atoms with Crippen molar-refractivity contribution in [1.82, 2.24) is 9.21 Å². The third-order valence-corrected chi connectivity index (χ3v) is 6.31. The molecule has 0 saturated carbocycles. The van der Waals surface area contributed by atoms with Crippen LogP contribution in [-0.2, 0) is 24.3 Å². The van der Waals surface area contributed by atoms with E-state index >= 15 is 0 Å². The zero-order chi connectivity index (χ0) is 21.7. The van der Waals surface area contributed by atoms with Crippen molar-refractivity contribution in [3.05, 3.63) is 24.3 Å². The van der Waals surface area contributed by atoms with Gasteiger partial charge >= 0.3 is 5.97 Å². The molecule has 1 aromatic rings. The van der Waals surface area contributed by atoms with Crippen LogP contribution in [0.3, 0.4) is 0 Å². The number of ether oxygens (including phenoxy) is 2. The van der Waals surface area contributed by atoms with E-state index in [9.17, 15) is 18.0 Å². The molecule has 0 aliphatic carbocycles. The first-order chi connectivity index (χ1) is 13.5. The molecule has 1 aliphatic rings. The van der Waals surface area contributed by atoms with Crippen molar-refractivity contribution in [2.45, 2.75) is 39.0 Å². The van der Waals surface area contributed by atoms with Crippen LogP contribution in [0.25, 0.3) is 0 Å². The first-order valence-electron chi connectivity index (χ1n) is 9.69. The van der Waals surface area contributed by atoms with E-state index in [2.05, 4.69) is 0 Å². The van der Waals surface area contributed by atoms with Crippen LogP contribution in [-0.4, -0.2) is 68.9 Å². The molecule has 29 heavy (non-hydrogen) atoms. The molecule has 1 saturated heterocycles. The average Bonchev–Trinajstić information content (AvgIpc) is 2.65. The number of hydrogen-bond donors (Lipinski definition) is 0. The molecule has 8 nitrogen and oxygen atoms in total. The molecule has 1 fully saturated rings. The second-order valence-corrected chi connectivity index (χ2v) is 10.0. The van der Waals surface area contributed by atoms with Crippen molar-refractivity contribution in [2.75, 3.05) is 39.4 Å². The Balaban J connectivity index is 1.87. The zero-order valence-corrected chi connectivity index (χ0v) is 18.3. The minimum atomic E-state index is -3.63. The van der Waals surface area contributed by atoms with Gasteiger partial charge in [0.2, 0.25) is 10.0 Å². The standard InChI is InChI=1S/C20H30N2O6S/c1-5-27-16-6-8-17(9-7-16)29(25,26)22-12-10-21(11-13-22)18(23)15-28-19(24)14-20(2,3)4/h6-9H,5,10-15H2,1-4H3. The quantitative estimate of drug-likeness (QED) is 0.618. The van der Waals surface area contributed by atoms with E-state index in [1.54, 1.807) is 12.1 Å². The number of nitrogens with zero attached hydrogens (tertiary/aromatic N) is 2. The summed E-state index contributed by atoms with van der Waals surface area (Å²) in [5.41, 5.74) is -0.207. The SMILES string of the molecule is CCOc1ccc(S(=O)(=O)N2CCN(C(=O)COC(=O)CC(C)(C)C)CC2)cc1. The van der Waals surface area contributed by atoms with E-state index in [-0.39, 0.29) is 55.4 Å². The number of piperazine rings is 1. The van der Waals surface area contributed by atoms with Gasteiger partial charge in [0.1, 0.15) is 5.75 Å². The smallest absolute Gasteiger partial charge is 0.306 e. The Morgan fingerprint density at radius 1 is 1.03 bits per heavy atom. The van der Waals surface area contributed by atoms with Crippen LogP contribution in [0.5, 0.6) is 5.75 Å². The molecule has 1 amide bonds. The summed E-state index contributed by atoms with van der Waals surface area (Å²) in [6, 6.07) is 6.29. The number of rotatable bonds is 7. The molecule has 0 bridgehead atoms. The minimum Gasteiger partial charge on any atom is -0.494 e. The maximum absolute atomic E-state index is 12.8. The number of benzene rings is 1. The van der Waals surface area contributed by atoms with Crippen molar-refractivity contribution in [2.24, 2.45) is 5.41 Å². The molecule has 2 rings (SSSR count). The van der Waals surface area contributed by atoms with Crippen LogP contribution < -0.4 is 4.74 Å². The Kier molecular flexibility index (Phi) is 7.65. The summed E-state index contributed by atoms with van der Waals surface area (Å²) in [7, 11) is -3.63. The molecular weight excluding hydrogens is 396 g/mol. The largest absolute Gasteiger partial charge is 0.494 e. The predicted molar refractivity (Wildman–Crippen MR) is 108 cm³/mol. The van der Waals surface area contributed by atoms with Crippen molar-refractivity contribution in [1.29, 1.82) is 0 Å². The third-order valence-electron chi connectivity index (χ3n) is 4.40. The van der Waals surface area contributed by atoms with Crippen molar-refractivity contribution >= 4 is 21.9 Å². The highest BCUT2D eigenvalue weighted by molar-refractivity contribution is 7.89. The van der Waals surface area contributed by atoms with Gasteiger partial charge in [0.25, 0.3) is 5.91 Å². The lowest BCUT2D eigenvalue weighted by Crippen LogP contribution is -2.51. The van der Waals surface area contributed by atoms with Gasteiger partial charge < -0.3 is 14.4 Å². The summed E-state index contributed by atoms with van der Waals surface area (Å²) in [5, 5.41) is 0. The van der Waals surface area contributed by atoms with E-state index < -0.39 is 16.0 Å². The first-order valence-corrected chi connectivity index (χ1v) is 11.1. The van der Waals surface area contributed by atoms with Gasteiger partial charge in [-0.2, -0.15) is 4.31 Å². The number of carbonyl (C=O) groups excluding carboxylic acids is 2. The van der Waals surface area contributed by atoms with Crippen LogP contribution >= 0.6 is 0 Å². The molecule has 1 aliphatic heterocycles. The van der Waals surface area contributed by atoms with Crippen LogP contribution in [0, 0.1) is 5.41 Å². The molecule has 0 aromatic heterocycles. The molecule has 1 aromatic carbocycles. The summed E-state index contributed by atoms with van der Waals surface area (Å²) in [5.74, 6) is -0.115. The van der Waals surface area contributed by atoms with Crippen molar-refractivity contribution in [3.63, 3.8) is 0 Å². The maximum Gasteiger partial charge on any atom is 0.306 e. The fraction of sp³-hybridized carbons (Fsp3) is 0.600. The minimum absolute atomic E-state index is 0.192. The van der Waals surface area contributed by atoms with Gasteiger partial charge in [0, 0.05) is 26.2 Å². The lowest BCUT2D eigenvalue weighted by molar-refractivity contribution is -0.154. The molecule has 162 valence electrons. The monoisotopic (exact) mass is 426 g/mol. The lowest BCUT2D eigenvalue weighted by Gasteiger charge is -2.34. The number of sulfonamides is 1. The van der Waals surface area contributed by atoms with E-state index in [1.807, 2.05) is 27.7 Å². The summed E-state index contributed by atoms with van der Waals surface area (Å²) in [6.07, 6.45) is 0.231. The van der Waals surface area contributed by atoms with Gasteiger partial charge in [0.05, 0.1) is 17.9 Å². The zero-order valence-electron chi connectivity index (χ0n) is 17.5. The third kappa shape index (κ3) is 6.71. The number of hydrogen-bond acceptors (Lipinski definition) is 6. The Morgan fingerprint density at radius 2 is 1.62 bits per heavy atom. The number of esters is 1. The number of carbonyl (C=O) groups is 2. The highest BCUT2D eigenvalue weighted by Crippen LogP contribution is 2.21. The van der Waals surface area contributed by atoms with Crippen LogP contribution in [0.15, 0.2) is 29.2 Å².